The van der Waals surface area contributed by atoms with Crippen LogP contribution in [0.15, 0.2) is 55.1 Å². The van der Waals surface area contributed by atoms with E-state index < -0.39 is 0 Å². The van der Waals surface area contributed by atoms with Gasteiger partial charge < -0.3 is 4.57 Å². The Bertz CT molecular complexity index is 1130. The molecule has 7 heteroatoms. The monoisotopic (exact) mass is 408 g/mol. The zero-order chi connectivity index (χ0) is 20.4. The first kappa shape index (κ1) is 19.3. The lowest BCUT2D eigenvalue weighted by Crippen LogP contribution is -2.32. The number of amides is 1. The first-order valence-corrected chi connectivity index (χ1v) is 10.2. The number of rotatable bonds is 6. The average Bonchev–Trinajstić information content (AvgIpc) is 3.33. The predicted octanol–water partition coefficient (Wildman–Crippen LogP) is 4.99. The second-order valence-electron chi connectivity index (χ2n) is 7.10. The molecule has 2 aromatic heterocycles. The smallest absolute Gasteiger partial charge is 0.260 e. The van der Waals surface area contributed by atoms with Gasteiger partial charge in [0.2, 0.25) is 0 Å². The van der Waals surface area contributed by atoms with Gasteiger partial charge >= 0.3 is 0 Å². The minimum absolute atomic E-state index is 0.0954. The first-order chi connectivity index (χ1) is 14.0. The summed E-state index contributed by atoms with van der Waals surface area (Å²) < 4.78 is 16.3. The highest BCUT2D eigenvalue weighted by Crippen LogP contribution is 2.30. The molecule has 0 saturated carbocycles. The zero-order valence-electron chi connectivity index (χ0n) is 16.3. The zero-order valence-corrected chi connectivity index (χ0v) is 17.1. The number of nitrogens with zero attached hydrogens (tertiary/aromatic N) is 4. The summed E-state index contributed by atoms with van der Waals surface area (Å²) in [5.41, 5.74) is 3.41. The summed E-state index contributed by atoms with van der Waals surface area (Å²) in [4.78, 5) is 23.7. The van der Waals surface area contributed by atoms with E-state index in [1.54, 1.807) is 23.5 Å². The van der Waals surface area contributed by atoms with Gasteiger partial charge in [0.25, 0.3) is 5.91 Å². The van der Waals surface area contributed by atoms with Gasteiger partial charge in [-0.3, -0.25) is 9.69 Å². The van der Waals surface area contributed by atoms with Crippen molar-refractivity contribution in [1.82, 2.24) is 14.5 Å². The summed E-state index contributed by atoms with van der Waals surface area (Å²) in [6.45, 7) is 5.21. The van der Waals surface area contributed by atoms with Gasteiger partial charge in [0.15, 0.2) is 5.13 Å². The van der Waals surface area contributed by atoms with Gasteiger partial charge in [-0.05, 0) is 50.6 Å². The molecule has 0 spiro atoms. The Hall–Kier alpha value is -3.06. The second kappa shape index (κ2) is 8.13. The Morgan fingerprint density at radius 2 is 1.97 bits per heavy atom. The molecule has 29 heavy (non-hydrogen) atoms. The highest BCUT2D eigenvalue weighted by atomic mass is 32.1. The lowest BCUT2D eigenvalue weighted by atomic mass is 10.1. The Balaban J connectivity index is 1.65. The normalized spacial score (nSPS) is 11.1. The molecule has 0 radical (unpaired) electrons. The van der Waals surface area contributed by atoms with E-state index in [2.05, 4.69) is 9.97 Å². The van der Waals surface area contributed by atoms with Crippen molar-refractivity contribution >= 4 is 32.6 Å². The number of benzene rings is 2. The van der Waals surface area contributed by atoms with Crippen molar-refractivity contribution in [2.24, 2.45) is 0 Å². The molecule has 1 amide bonds. The molecule has 0 unspecified atom stereocenters. The standard InChI is InChI=1S/C22H21FN4OS/c1-15-10-16(2)12-17(11-15)21(28)27(8-3-7-26-9-6-24-14-26)22-25-19-5-4-18(23)13-20(19)29-22/h4-6,9-14H,3,7-8H2,1-2H3. The van der Waals surface area contributed by atoms with Crippen molar-refractivity contribution in [3.8, 4) is 0 Å². The van der Waals surface area contributed by atoms with Crippen molar-refractivity contribution in [3.05, 3.63) is 77.6 Å². The molecular weight excluding hydrogens is 387 g/mol. The SMILES string of the molecule is Cc1cc(C)cc(C(=O)N(CCCn2ccnc2)c2nc3ccc(F)cc3s2)c1. The molecule has 0 fully saturated rings. The number of halogens is 1. The van der Waals surface area contributed by atoms with Gasteiger partial charge in [-0.1, -0.05) is 28.5 Å². The van der Waals surface area contributed by atoms with Gasteiger partial charge in [-0.25, -0.2) is 14.4 Å². The van der Waals surface area contributed by atoms with Gasteiger partial charge in [0, 0.05) is 31.0 Å². The molecule has 0 aliphatic carbocycles. The minimum Gasteiger partial charge on any atom is -0.337 e. The number of hydrogen-bond donors (Lipinski definition) is 0. The molecule has 4 rings (SSSR count). The fourth-order valence-electron chi connectivity index (χ4n) is 3.37. The third-order valence-electron chi connectivity index (χ3n) is 4.64. The van der Waals surface area contributed by atoms with E-state index in [9.17, 15) is 9.18 Å². The lowest BCUT2D eigenvalue weighted by molar-refractivity contribution is 0.0986. The number of hydrogen-bond acceptors (Lipinski definition) is 4. The van der Waals surface area contributed by atoms with Crippen LogP contribution in [-0.4, -0.2) is 27.0 Å². The van der Waals surface area contributed by atoms with Gasteiger partial charge in [0.05, 0.1) is 16.5 Å². The van der Waals surface area contributed by atoms with Gasteiger partial charge in [-0.15, -0.1) is 0 Å². The van der Waals surface area contributed by atoms with Crippen LogP contribution in [0.2, 0.25) is 0 Å². The molecule has 4 aromatic rings. The van der Waals surface area contributed by atoms with E-state index in [0.29, 0.717) is 22.8 Å². The Kier molecular flexibility index (Phi) is 5.40. The highest BCUT2D eigenvalue weighted by Gasteiger charge is 2.21. The van der Waals surface area contributed by atoms with Gasteiger partial charge in [-0.2, -0.15) is 0 Å². The minimum atomic E-state index is -0.306. The van der Waals surface area contributed by atoms with Crippen LogP contribution in [0.25, 0.3) is 10.2 Å². The Labute approximate surface area is 172 Å². The predicted molar refractivity (Wildman–Crippen MR) is 114 cm³/mol. The summed E-state index contributed by atoms with van der Waals surface area (Å²) >= 11 is 1.33. The summed E-state index contributed by atoms with van der Waals surface area (Å²) in [6, 6.07) is 10.3. The van der Waals surface area contributed by atoms with Crippen molar-refractivity contribution in [2.45, 2.75) is 26.8 Å². The van der Waals surface area contributed by atoms with E-state index in [1.165, 1.54) is 23.5 Å². The van der Waals surface area contributed by atoms with Crippen molar-refractivity contribution < 1.29 is 9.18 Å². The molecule has 0 N–H and O–H groups in total. The topological polar surface area (TPSA) is 51.0 Å². The van der Waals surface area contributed by atoms with E-state index in [1.807, 2.05) is 42.8 Å². The maximum atomic E-state index is 13.6. The fourth-order valence-corrected chi connectivity index (χ4v) is 4.39. The van der Waals surface area contributed by atoms with Crippen LogP contribution in [-0.2, 0) is 6.54 Å². The van der Waals surface area contributed by atoms with Crippen molar-refractivity contribution in [2.75, 3.05) is 11.4 Å². The van der Waals surface area contributed by atoms with Crippen molar-refractivity contribution in [1.29, 1.82) is 0 Å². The quantitative estimate of drug-likeness (QED) is 0.452. The Morgan fingerprint density at radius 3 is 2.69 bits per heavy atom. The van der Waals surface area contributed by atoms with Crippen LogP contribution in [0.4, 0.5) is 9.52 Å². The lowest BCUT2D eigenvalue weighted by Gasteiger charge is -2.20. The van der Waals surface area contributed by atoms with Crippen LogP contribution in [0.5, 0.6) is 0 Å². The number of aromatic nitrogens is 3. The molecule has 0 atom stereocenters. The number of anilines is 1. The van der Waals surface area contributed by atoms with E-state index >= 15 is 0 Å². The Morgan fingerprint density at radius 1 is 1.17 bits per heavy atom. The third-order valence-corrected chi connectivity index (χ3v) is 5.68. The summed E-state index contributed by atoms with van der Waals surface area (Å²) in [5, 5.41) is 0.584. The van der Waals surface area contributed by atoms with Crippen LogP contribution in [0, 0.1) is 19.7 Å². The summed E-state index contributed by atoms with van der Waals surface area (Å²) in [5.74, 6) is -0.401. The number of carbonyl (C=O) groups excluding carboxylic acids is 1. The van der Waals surface area contributed by atoms with Crippen molar-refractivity contribution in [3.63, 3.8) is 0 Å². The molecule has 148 valence electrons. The largest absolute Gasteiger partial charge is 0.337 e. The molecule has 0 saturated heterocycles. The maximum Gasteiger partial charge on any atom is 0.260 e. The molecule has 0 aliphatic rings. The second-order valence-corrected chi connectivity index (χ2v) is 8.10. The molecule has 0 bridgehead atoms. The van der Waals surface area contributed by atoms with Crippen LogP contribution in [0.1, 0.15) is 27.9 Å². The van der Waals surface area contributed by atoms with Crippen LogP contribution >= 0.6 is 11.3 Å². The molecule has 2 heterocycles. The molecule has 0 aliphatic heterocycles. The highest BCUT2D eigenvalue weighted by molar-refractivity contribution is 7.22. The van der Waals surface area contributed by atoms with Crippen LogP contribution in [0.3, 0.4) is 0 Å². The van der Waals surface area contributed by atoms with Crippen LogP contribution < -0.4 is 4.90 Å². The molecule has 5 nitrogen and oxygen atoms in total. The number of aryl methyl sites for hydroxylation is 3. The summed E-state index contributed by atoms with van der Waals surface area (Å²) in [6.07, 6.45) is 6.14. The third kappa shape index (κ3) is 4.35. The maximum absolute atomic E-state index is 13.6. The fraction of sp³-hybridized carbons (Fsp3) is 0.227. The number of carbonyl (C=O) groups is 1. The van der Waals surface area contributed by atoms with E-state index in [4.69, 9.17) is 0 Å². The molecule has 2 aromatic carbocycles. The summed E-state index contributed by atoms with van der Waals surface area (Å²) in [7, 11) is 0. The van der Waals surface area contributed by atoms with E-state index in [-0.39, 0.29) is 11.7 Å². The number of thiazole rings is 1. The number of imidazole rings is 1. The van der Waals surface area contributed by atoms with Gasteiger partial charge in [0.1, 0.15) is 5.82 Å². The average molecular weight is 409 g/mol. The number of fused-ring (bicyclic) bond motifs is 1. The first-order valence-electron chi connectivity index (χ1n) is 9.41. The van der Waals surface area contributed by atoms with E-state index in [0.717, 1.165) is 28.8 Å². The molecular formula is C22H21FN4OS.